The fourth-order valence-corrected chi connectivity index (χ4v) is 2.06. The van der Waals surface area contributed by atoms with Crippen LogP contribution in [-0.2, 0) is 43.0 Å². The van der Waals surface area contributed by atoms with E-state index < -0.39 is 0 Å². The third kappa shape index (κ3) is 9.52. The van der Waals surface area contributed by atoms with Crippen LogP contribution in [0.4, 0.5) is 0 Å². The second-order valence-electron chi connectivity index (χ2n) is 4.29. The van der Waals surface area contributed by atoms with Crippen LogP contribution in [0.3, 0.4) is 0 Å². The van der Waals surface area contributed by atoms with Gasteiger partial charge in [-0.3, -0.25) is 0 Å². The Kier molecular flexibility index (Phi) is 18.5. The van der Waals surface area contributed by atoms with Crippen LogP contribution in [-0.4, -0.2) is 38.8 Å². The minimum absolute atomic E-state index is 0. The molecule has 3 N–H and O–H groups in total. The fraction of sp³-hybridized carbons (Fsp3) is 0.538. The van der Waals surface area contributed by atoms with Crippen molar-refractivity contribution in [2.45, 2.75) is 12.5 Å². The average Bonchev–Trinajstić information content (AvgIpc) is 2.45. The molecule has 1 aliphatic rings. The Labute approximate surface area is 134 Å². The first kappa shape index (κ1) is 24.6. The van der Waals surface area contributed by atoms with Gasteiger partial charge in [-0.15, -0.1) is 0 Å². The molecule has 0 radical (unpaired) electrons. The van der Waals surface area contributed by atoms with E-state index in [2.05, 4.69) is 46.3 Å². The van der Waals surface area contributed by atoms with Crippen molar-refractivity contribution < 1.29 is 36.5 Å². The van der Waals surface area contributed by atoms with E-state index in [0.717, 1.165) is 39.1 Å². The molecule has 0 spiro atoms. The zero-order valence-corrected chi connectivity index (χ0v) is 13.2. The summed E-state index contributed by atoms with van der Waals surface area (Å²) < 4.78 is 0. The predicted molar refractivity (Wildman–Crippen MR) is 69.7 cm³/mol. The van der Waals surface area contributed by atoms with E-state index in [1.807, 2.05) is 0 Å². The quantitative estimate of drug-likeness (QED) is 0.685. The average molecular weight is 365 g/mol. The molecular weight excluding hydrogens is 344 g/mol. The van der Waals surface area contributed by atoms with Crippen molar-refractivity contribution in [3.05, 3.63) is 35.9 Å². The van der Waals surface area contributed by atoms with Gasteiger partial charge in [0.05, 0.1) is 0 Å². The van der Waals surface area contributed by atoms with Gasteiger partial charge in [0.2, 0.25) is 0 Å². The molecule has 1 atom stereocenters. The maximum atomic E-state index is 3.59. The molecule has 1 unspecified atom stereocenters. The Hall–Kier alpha value is -0.371. The topological polar surface area (TPSA) is 122 Å². The predicted octanol–water partition coefficient (Wildman–Crippen LogP) is 0.0212. The van der Waals surface area contributed by atoms with E-state index in [1.54, 1.807) is 0 Å². The molecule has 0 aliphatic carbocycles. The van der Waals surface area contributed by atoms with Gasteiger partial charge in [-0.25, -0.2) is 0 Å². The molecule has 1 aromatic rings. The van der Waals surface area contributed by atoms with Crippen LogP contribution in [0.25, 0.3) is 0 Å². The summed E-state index contributed by atoms with van der Waals surface area (Å²) in [5, 5.41) is 10.4. The molecule has 1 aromatic carbocycles. The molecular formula is C13H21N3O3Tc+. The van der Waals surface area contributed by atoms with Gasteiger partial charge in [-0.05, 0) is 12.0 Å². The van der Waals surface area contributed by atoms with Crippen LogP contribution in [0.15, 0.2) is 30.3 Å². The van der Waals surface area contributed by atoms with Crippen molar-refractivity contribution >= 4 is 0 Å². The van der Waals surface area contributed by atoms with Crippen LogP contribution in [0.2, 0.25) is 0 Å². The van der Waals surface area contributed by atoms with Gasteiger partial charge in [0.1, 0.15) is 0 Å². The first-order valence-electron chi connectivity index (χ1n) is 6.14. The molecule has 0 bridgehead atoms. The molecule has 7 heteroatoms. The van der Waals surface area contributed by atoms with Gasteiger partial charge in [0.15, 0.2) is 0 Å². The van der Waals surface area contributed by atoms with Crippen molar-refractivity contribution in [1.82, 2.24) is 16.0 Å². The summed E-state index contributed by atoms with van der Waals surface area (Å²) in [6.07, 6.45) is 1.10. The number of hydrogen-bond donors (Lipinski definition) is 3. The van der Waals surface area contributed by atoms with Crippen LogP contribution >= 0.6 is 0 Å². The second-order valence-corrected chi connectivity index (χ2v) is 4.29. The summed E-state index contributed by atoms with van der Waals surface area (Å²) in [5.41, 5.74) is 1.41. The van der Waals surface area contributed by atoms with E-state index >= 15 is 0 Å². The van der Waals surface area contributed by atoms with Crippen LogP contribution in [0.1, 0.15) is 5.56 Å². The molecule has 1 fully saturated rings. The maximum Gasteiger partial charge on any atom is 7.00 e. The summed E-state index contributed by atoms with van der Waals surface area (Å²) in [5.74, 6) is 0. The first-order chi connectivity index (χ1) is 7.95. The van der Waals surface area contributed by atoms with Crippen LogP contribution in [0.5, 0.6) is 0 Å². The van der Waals surface area contributed by atoms with Crippen molar-refractivity contribution in [3.63, 3.8) is 0 Å². The molecule has 0 saturated carbocycles. The summed E-state index contributed by atoms with van der Waals surface area (Å²) in [6.45, 7) is 5.30. The standard InChI is InChI=1S/C13H21N3.3O.Tc/c1-2-4-12(5-3-1)10-13-11-15-7-6-14-8-9-16-13;;;;/h1-5,13-16H,6-11H2;;;;/q;3*-2;+7. The Morgan fingerprint density at radius 2 is 1.45 bits per heavy atom. The Morgan fingerprint density at radius 1 is 0.850 bits per heavy atom. The third-order valence-corrected chi connectivity index (χ3v) is 2.93. The van der Waals surface area contributed by atoms with E-state index in [1.165, 1.54) is 5.56 Å². The van der Waals surface area contributed by atoms with Crippen molar-refractivity contribution in [2.75, 3.05) is 32.7 Å². The minimum atomic E-state index is 0. The zero-order chi connectivity index (χ0) is 11.1. The molecule has 20 heavy (non-hydrogen) atoms. The molecule has 1 heterocycles. The summed E-state index contributed by atoms with van der Waals surface area (Å²) >= 11 is 0. The number of benzene rings is 1. The minimum Gasteiger partial charge on any atom is -2.00 e. The molecule has 0 aromatic heterocycles. The number of rotatable bonds is 2. The van der Waals surface area contributed by atoms with Crippen LogP contribution < -0.4 is 16.0 Å². The van der Waals surface area contributed by atoms with Gasteiger partial charge in [-0.2, -0.15) is 0 Å². The Morgan fingerprint density at radius 3 is 2.15 bits per heavy atom. The Bertz CT molecular complexity index is 294. The fourth-order valence-electron chi connectivity index (χ4n) is 2.06. The van der Waals surface area contributed by atoms with E-state index in [9.17, 15) is 0 Å². The zero-order valence-electron chi connectivity index (χ0n) is 11.3. The van der Waals surface area contributed by atoms with Gasteiger partial charge >= 0.3 is 20.1 Å². The van der Waals surface area contributed by atoms with Gasteiger partial charge in [0.25, 0.3) is 0 Å². The largest absolute Gasteiger partial charge is 7.00 e. The Balaban J connectivity index is -0.000000722. The van der Waals surface area contributed by atoms with Gasteiger partial charge < -0.3 is 32.4 Å². The molecule has 2 rings (SSSR count). The number of nitrogens with one attached hydrogen (secondary N) is 3. The maximum absolute atomic E-state index is 3.59. The SMILES string of the molecule is [O-2].[O-2].[O-2].[Tc+7].c1ccc(CC2CNCCNCCN2)cc1. The monoisotopic (exact) mass is 364 g/mol. The summed E-state index contributed by atoms with van der Waals surface area (Å²) in [7, 11) is 0. The van der Waals surface area contributed by atoms with Gasteiger partial charge in [-0.1, -0.05) is 30.3 Å². The van der Waals surface area contributed by atoms with E-state index in [0.29, 0.717) is 6.04 Å². The van der Waals surface area contributed by atoms with Crippen molar-refractivity contribution in [1.29, 1.82) is 0 Å². The molecule has 0 amide bonds. The van der Waals surface area contributed by atoms with E-state index in [4.69, 9.17) is 0 Å². The van der Waals surface area contributed by atoms with Crippen LogP contribution in [0, 0.1) is 0 Å². The molecule has 1 aliphatic heterocycles. The third-order valence-electron chi connectivity index (χ3n) is 2.93. The number of hydrogen-bond acceptors (Lipinski definition) is 3. The molecule has 6 nitrogen and oxygen atoms in total. The second kappa shape index (κ2) is 15.0. The summed E-state index contributed by atoms with van der Waals surface area (Å²) in [4.78, 5) is 0. The van der Waals surface area contributed by atoms with Gasteiger partial charge in [0, 0.05) is 38.8 Å². The van der Waals surface area contributed by atoms with E-state index in [-0.39, 0.29) is 36.5 Å². The van der Waals surface area contributed by atoms with Crippen molar-refractivity contribution in [2.24, 2.45) is 0 Å². The molecule has 1 saturated heterocycles. The normalized spacial score (nSPS) is 18.5. The summed E-state index contributed by atoms with van der Waals surface area (Å²) in [6, 6.07) is 11.2. The smallest absolute Gasteiger partial charge is 2.00 e. The first-order valence-corrected chi connectivity index (χ1v) is 6.14. The van der Waals surface area contributed by atoms with Crippen molar-refractivity contribution in [3.8, 4) is 0 Å². The molecule has 112 valence electrons.